The molecule has 0 bridgehead atoms. The third-order valence-electron chi connectivity index (χ3n) is 6.94. The van der Waals surface area contributed by atoms with Crippen molar-refractivity contribution in [1.82, 2.24) is 5.32 Å². The lowest BCUT2D eigenvalue weighted by atomic mass is 10.1. The van der Waals surface area contributed by atoms with Crippen LogP contribution in [0.5, 0.6) is 5.75 Å². The smallest absolute Gasteiger partial charge is 0.272 e. The summed E-state index contributed by atoms with van der Waals surface area (Å²) in [5.74, 6) is -0.604. The summed E-state index contributed by atoms with van der Waals surface area (Å²) in [6.07, 6.45) is 1.59. The van der Waals surface area contributed by atoms with E-state index in [1.807, 2.05) is 67.6 Å². The number of rotatable bonds is 12. The van der Waals surface area contributed by atoms with Gasteiger partial charge in [0.15, 0.2) is 0 Å². The number of para-hydroxylation sites is 1. The van der Waals surface area contributed by atoms with Crippen LogP contribution in [0.15, 0.2) is 138 Å². The van der Waals surface area contributed by atoms with Gasteiger partial charge in [-0.1, -0.05) is 89.9 Å². The van der Waals surface area contributed by atoms with E-state index in [2.05, 4.69) is 16.0 Å². The fraction of sp³-hybridized carbons (Fsp3) is 0.0789. The van der Waals surface area contributed by atoms with Crippen LogP contribution in [-0.4, -0.2) is 24.3 Å². The Morgan fingerprint density at radius 2 is 1.40 bits per heavy atom. The lowest BCUT2D eigenvalue weighted by molar-refractivity contribution is -0.116. The third kappa shape index (κ3) is 9.29. The van der Waals surface area contributed by atoms with Crippen LogP contribution in [-0.2, 0) is 9.59 Å². The molecule has 3 amide bonds. The molecule has 3 N–H and O–H groups in total. The normalized spacial score (nSPS) is 11.7. The molecule has 1 atom stereocenters. The highest BCUT2D eigenvalue weighted by molar-refractivity contribution is 8.00. The van der Waals surface area contributed by atoms with E-state index >= 15 is 0 Å². The highest BCUT2D eigenvalue weighted by Gasteiger charge is 2.23. The maximum absolute atomic E-state index is 13.6. The number of amides is 3. The van der Waals surface area contributed by atoms with E-state index in [9.17, 15) is 14.4 Å². The van der Waals surface area contributed by atoms with E-state index < -0.39 is 17.1 Å². The third-order valence-corrected chi connectivity index (χ3v) is 8.95. The molecule has 0 aliphatic heterocycles. The van der Waals surface area contributed by atoms with Gasteiger partial charge >= 0.3 is 0 Å². The van der Waals surface area contributed by atoms with Crippen LogP contribution in [0.4, 0.5) is 11.4 Å². The molecule has 0 aliphatic rings. The molecule has 10 heteroatoms. The lowest BCUT2D eigenvalue weighted by Crippen LogP contribution is -2.30. The summed E-state index contributed by atoms with van der Waals surface area (Å²) in [6.45, 7) is 2.31. The van der Waals surface area contributed by atoms with E-state index in [1.165, 1.54) is 11.8 Å². The van der Waals surface area contributed by atoms with Crippen molar-refractivity contribution in [2.24, 2.45) is 0 Å². The van der Waals surface area contributed by atoms with E-state index in [1.54, 1.807) is 72.8 Å². The van der Waals surface area contributed by atoms with Crippen LogP contribution in [0.1, 0.15) is 33.7 Å². The Bertz CT molecular complexity index is 1920. The van der Waals surface area contributed by atoms with Gasteiger partial charge in [0.25, 0.3) is 11.8 Å². The second kappa shape index (κ2) is 16.7. The average molecular weight is 697 g/mol. The molecule has 0 spiro atoms. The summed E-state index contributed by atoms with van der Waals surface area (Å²) in [5.41, 5.74) is 2.92. The van der Waals surface area contributed by atoms with E-state index in [0.717, 1.165) is 10.5 Å². The molecule has 0 fully saturated rings. The molecule has 1 unspecified atom stereocenters. The Kier molecular flexibility index (Phi) is 11.9. The fourth-order valence-electron chi connectivity index (χ4n) is 4.62. The molecule has 7 nitrogen and oxygen atoms in total. The van der Waals surface area contributed by atoms with Gasteiger partial charge in [-0.15, -0.1) is 11.8 Å². The first-order valence-electron chi connectivity index (χ1n) is 15.0. The number of anilines is 2. The molecule has 5 aromatic carbocycles. The Morgan fingerprint density at radius 1 is 0.750 bits per heavy atom. The van der Waals surface area contributed by atoms with E-state index in [4.69, 9.17) is 27.9 Å². The lowest BCUT2D eigenvalue weighted by Gasteiger charge is -2.18. The van der Waals surface area contributed by atoms with Gasteiger partial charge in [-0.05, 0) is 79.2 Å². The maximum atomic E-state index is 13.6. The summed E-state index contributed by atoms with van der Waals surface area (Å²) >= 11 is 13.6. The number of benzene rings is 5. The van der Waals surface area contributed by atoms with Crippen molar-refractivity contribution in [2.45, 2.75) is 17.1 Å². The molecular formula is C38H31Cl2N3O4S. The number of halogens is 2. The maximum Gasteiger partial charge on any atom is 0.272 e. The summed E-state index contributed by atoms with van der Waals surface area (Å²) in [7, 11) is 0. The van der Waals surface area contributed by atoms with Crippen LogP contribution < -0.4 is 20.7 Å². The second-order valence-corrected chi connectivity index (χ2v) is 12.3. The Hall–Kier alpha value is -5.02. The summed E-state index contributed by atoms with van der Waals surface area (Å²) in [6, 6.07) is 37.4. The Balaban J connectivity index is 1.35. The molecule has 0 aliphatic carbocycles. The van der Waals surface area contributed by atoms with Crippen molar-refractivity contribution in [3.8, 4) is 5.75 Å². The SMILES string of the molecule is CCOc1ccccc1/C=C(\NC(=O)c1ccccc1)C(=O)Nc1ccc(SC(C(=O)Nc2ccc(Cl)c(Cl)c2)c2ccccc2)cc1. The summed E-state index contributed by atoms with van der Waals surface area (Å²) in [5, 5.41) is 8.70. The van der Waals surface area contributed by atoms with Crippen LogP contribution in [0, 0.1) is 0 Å². The molecule has 0 radical (unpaired) electrons. The van der Waals surface area contributed by atoms with Crippen LogP contribution in [0.3, 0.4) is 0 Å². The van der Waals surface area contributed by atoms with Crippen molar-refractivity contribution < 1.29 is 19.1 Å². The zero-order chi connectivity index (χ0) is 33.9. The Labute approximate surface area is 293 Å². The second-order valence-electron chi connectivity index (χ2n) is 10.4. The zero-order valence-electron chi connectivity index (χ0n) is 25.8. The average Bonchev–Trinajstić information content (AvgIpc) is 3.10. The van der Waals surface area contributed by atoms with Gasteiger partial charge in [-0.3, -0.25) is 14.4 Å². The minimum absolute atomic E-state index is 0.0394. The molecule has 5 aromatic rings. The first-order valence-corrected chi connectivity index (χ1v) is 16.6. The number of hydrogen-bond donors (Lipinski definition) is 3. The molecule has 5 rings (SSSR count). The van der Waals surface area contributed by atoms with Gasteiger partial charge in [-0.25, -0.2) is 0 Å². The number of hydrogen-bond acceptors (Lipinski definition) is 5. The molecule has 0 aromatic heterocycles. The quantitative estimate of drug-likeness (QED) is 0.0893. The zero-order valence-corrected chi connectivity index (χ0v) is 28.1. The van der Waals surface area contributed by atoms with Gasteiger partial charge in [0.2, 0.25) is 5.91 Å². The highest BCUT2D eigenvalue weighted by atomic mass is 35.5. The van der Waals surface area contributed by atoms with Crippen molar-refractivity contribution in [3.05, 3.63) is 160 Å². The van der Waals surface area contributed by atoms with Gasteiger partial charge in [0, 0.05) is 27.4 Å². The molecule has 242 valence electrons. The molecule has 0 saturated carbocycles. The Morgan fingerprint density at radius 3 is 2.08 bits per heavy atom. The molecular weight excluding hydrogens is 665 g/mol. The number of carbonyl (C=O) groups is 3. The minimum atomic E-state index is -0.589. The van der Waals surface area contributed by atoms with E-state index in [-0.39, 0.29) is 11.6 Å². The molecule has 0 saturated heterocycles. The predicted octanol–water partition coefficient (Wildman–Crippen LogP) is 9.27. The summed E-state index contributed by atoms with van der Waals surface area (Å²) < 4.78 is 5.73. The number of nitrogens with one attached hydrogen (secondary N) is 3. The predicted molar refractivity (Wildman–Crippen MR) is 195 cm³/mol. The molecule has 0 heterocycles. The molecule has 48 heavy (non-hydrogen) atoms. The fourth-order valence-corrected chi connectivity index (χ4v) is 5.94. The van der Waals surface area contributed by atoms with Crippen LogP contribution in [0.25, 0.3) is 6.08 Å². The first kappa shape index (κ1) is 34.3. The van der Waals surface area contributed by atoms with Gasteiger partial charge in [0.1, 0.15) is 16.7 Å². The number of ether oxygens (including phenoxy) is 1. The van der Waals surface area contributed by atoms with Crippen molar-refractivity contribution in [3.63, 3.8) is 0 Å². The van der Waals surface area contributed by atoms with Crippen molar-refractivity contribution in [1.29, 1.82) is 0 Å². The van der Waals surface area contributed by atoms with Crippen LogP contribution in [0.2, 0.25) is 10.0 Å². The van der Waals surface area contributed by atoms with Crippen molar-refractivity contribution >= 4 is 70.1 Å². The minimum Gasteiger partial charge on any atom is -0.493 e. The van der Waals surface area contributed by atoms with Crippen molar-refractivity contribution in [2.75, 3.05) is 17.2 Å². The topological polar surface area (TPSA) is 96.5 Å². The highest BCUT2D eigenvalue weighted by Crippen LogP contribution is 2.37. The first-order chi connectivity index (χ1) is 23.3. The van der Waals surface area contributed by atoms with E-state index in [0.29, 0.717) is 44.9 Å². The van der Waals surface area contributed by atoms with Gasteiger partial charge in [0.05, 0.1) is 16.7 Å². The van der Waals surface area contributed by atoms with Gasteiger partial charge in [-0.2, -0.15) is 0 Å². The largest absolute Gasteiger partial charge is 0.493 e. The van der Waals surface area contributed by atoms with Gasteiger partial charge < -0.3 is 20.7 Å². The number of carbonyl (C=O) groups excluding carboxylic acids is 3. The van der Waals surface area contributed by atoms with Crippen LogP contribution >= 0.6 is 35.0 Å². The number of thioether (sulfide) groups is 1. The summed E-state index contributed by atoms with van der Waals surface area (Å²) in [4.78, 5) is 41.0. The standard InChI is InChI=1S/C38H31Cl2N3O4S/c1-2-47-34-16-10-9-15-27(34)23-33(43-36(44)26-13-7-4-8-14-26)37(45)41-28-17-20-30(21-18-28)48-35(25-11-5-3-6-12-25)38(46)42-29-19-22-31(39)32(40)24-29/h3-24,35H,2H2,1H3,(H,41,45)(H,42,46)(H,43,44)/b33-23-. The monoisotopic (exact) mass is 695 g/mol.